The summed E-state index contributed by atoms with van der Waals surface area (Å²) in [6.45, 7) is 3.69. The Morgan fingerprint density at radius 3 is 2.73 bits per heavy atom. The van der Waals surface area contributed by atoms with E-state index in [2.05, 4.69) is 0 Å². The molecule has 0 N–H and O–H groups in total. The molecule has 0 aromatic heterocycles. The van der Waals surface area contributed by atoms with E-state index < -0.39 is 12.1 Å². The number of rotatable bonds is 8. The van der Waals surface area contributed by atoms with Crippen LogP contribution in [0.1, 0.15) is 13.8 Å². The molecule has 1 aliphatic rings. The van der Waals surface area contributed by atoms with Crippen LogP contribution in [0.25, 0.3) is 0 Å². The Labute approximate surface area is 152 Å². The quantitative estimate of drug-likeness (QED) is 0.636. The summed E-state index contributed by atoms with van der Waals surface area (Å²) in [7, 11) is 1.51. The van der Waals surface area contributed by atoms with Gasteiger partial charge in [0.1, 0.15) is 18.8 Å². The number of amides is 2. The number of nitrogens with zero attached hydrogens (tertiary/aromatic N) is 2. The average Bonchev–Trinajstić information content (AvgIpc) is 2.62. The van der Waals surface area contributed by atoms with Crippen molar-refractivity contribution in [2.24, 2.45) is 0 Å². The lowest BCUT2D eigenvalue weighted by Gasteiger charge is -2.33. The van der Waals surface area contributed by atoms with Gasteiger partial charge in [0, 0.05) is 13.7 Å². The Kier molecular flexibility index (Phi) is 6.97. The fraction of sp³-hybridized carbons (Fsp3) is 0.500. The molecule has 0 bridgehead atoms. The fourth-order valence-corrected chi connectivity index (χ4v) is 2.61. The Hall–Kier alpha value is -2.61. The second-order valence-electron chi connectivity index (χ2n) is 5.77. The fourth-order valence-electron chi connectivity index (χ4n) is 2.61. The van der Waals surface area contributed by atoms with Crippen LogP contribution in [0.15, 0.2) is 24.3 Å². The number of carbonyl (C=O) groups excluding carboxylic acids is 3. The van der Waals surface area contributed by atoms with Crippen LogP contribution in [-0.4, -0.2) is 68.7 Å². The molecule has 8 heteroatoms. The zero-order chi connectivity index (χ0) is 19.1. The Morgan fingerprint density at radius 1 is 1.31 bits per heavy atom. The van der Waals surface area contributed by atoms with Crippen LogP contribution in [0.2, 0.25) is 0 Å². The van der Waals surface area contributed by atoms with Crippen molar-refractivity contribution >= 4 is 23.5 Å². The third-order valence-electron chi connectivity index (χ3n) is 3.91. The van der Waals surface area contributed by atoms with Crippen molar-refractivity contribution in [1.82, 2.24) is 4.90 Å². The Balaban J connectivity index is 2.16. The average molecular weight is 364 g/mol. The number of benzene rings is 1. The van der Waals surface area contributed by atoms with Crippen LogP contribution >= 0.6 is 0 Å². The van der Waals surface area contributed by atoms with Gasteiger partial charge in [0.25, 0.3) is 5.91 Å². The van der Waals surface area contributed by atoms with Crippen LogP contribution in [0.3, 0.4) is 0 Å². The van der Waals surface area contributed by atoms with Crippen LogP contribution in [-0.2, 0) is 23.9 Å². The minimum Gasteiger partial charge on any atom is -0.479 e. The highest BCUT2D eigenvalue weighted by Gasteiger charge is 2.33. The number of esters is 1. The Bertz CT molecular complexity index is 663. The Morgan fingerprint density at radius 2 is 2.04 bits per heavy atom. The molecule has 1 aliphatic heterocycles. The predicted molar refractivity (Wildman–Crippen MR) is 94.0 cm³/mol. The molecular formula is C18H24N2O6. The summed E-state index contributed by atoms with van der Waals surface area (Å²) in [6.07, 6.45) is -0.685. The van der Waals surface area contributed by atoms with Crippen molar-refractivity contribution in [1.29, 1.82) is 0 Å². The predicted octanol–water partition coefficient (Wildman–Crippen LogP) is 0.839. The number of hydrogen-bond acceptors (Lipinski definition) is 6. The molecule has 0 saturated carbocycles. The molecule has 1 aromatic carbocycles. The summed E-state index contributed by atoms with van der Waals surface area (Å²) < 4.78 is 15.5. The molecule has 8 nitrogen and oxygen atoms in total. The molecule has 1 unspecified atom stereocenters. The first kappa shape index (κ1) is 19.7. The molecule has 26 heavy (non-hydrogen) atoms. The van der Waals surface area contributed by atoms with E-state index in [0.717, 1.165) is 0 Å². The summed E-state index contributed by atoms with van der Waals surface area (Å²) in [4.78, 5) is 39.7. The highest BCUT2D eigenvalue weighted by Crippen LogP contribution is 2.33. The van der Waals surface area contributed by atoms with E-state index in [-0.39, 0.29) is 44.7 Å². The van der Waals surface area contributed by atoms with Gasteiger partial charge in [-0.2, -0.15) is 0 Å². The van der Waals surface area contributed by atoms with E-state index in [9.17, 15) is 14.4 Å². The molecule has 0 saturated heterocycles. The summed E-state index contributed by atoms with van der Waals surface area (Å²) in [5.74, 6) is -0.632. The first-order valence-corrected chi connectivity index (χ1v) is 8.47. The van der Waals surface area contributed by atoms with Crippen LogP contribution < -0.4 is 9.64 Å². The number of ether oxygens (including phenoxy) is 3. The largest absolute Gasteiger partial charge is 0.479 e. The molecular weight excluding hydrogens is 340 g/mol. The highest BCUT2D eigenvalue weighted by atomic mass is 16.5. The molecule has 142 valence electrons. The van der Waals surface area contributed by atoms with E-state index in [1.165, 1.54) is 16.9 Å². The van der Waals surface area contributed by atoms with Crippen molar-refractivity contribution in [3.8, 4) is 5.75 Å². The molecule has 0 aliphatic carbocycles. The highest BCUT2D eigenvalue weighted by molar-refractivity contribution is 6.03. The molecule has 0 fully saturated rings. The zero-order valence-corrected chi connectivity index (χ0v) is 15.3. The summed E-state index contributed by atoms with van der Waals surface area (Å²) in [5, 5.41) is 0. The molecule has 1 atom stereocenters. The number of fused-ring (bicyclic) bond motifs is 1. The smallest absolute Gasteiger partial charge is 0.325 e. The summed E-state index contributed by atoms with van der Waals surface area (Å²) in [6, 6.07) is 7.03. The third kappa shape index (κ3) is 4.72. The van der Waals surface area contributed by atoms with Gasteiger partial charge in [-0.25, -0.2) is 0 Å². The molecule has 0 radical (unpaired) electrons. The number of hydrogen-bond donors (Lipinski definition) is 0. The van der Waals surface area contributed by atoms with Gasteiger partial charge < -0.3 is 19.1 Å². The zero-order valence-electron chi connectivity index (χ0n) is 15.3. The number of anilines is 1. The van der Waals surface area contributed by atoms with Crippen molar-refractivity contribution in [2.75, 3.05) is 44.9 Å². The van der Waals surface area contributed by atoms with E-state index in [1.54, 1.807) is 38.1 Å². The lowest BCUT2D eigenvalue weighted by Crippen LogP contribution is -2.50. The van der Waals surface area contributed by atoms with Crippen molar-refractivity contribution in [2.45, 2.75) is 20.0 Å². The monoisotopic (exact) mass is 364 g/mol. The van der Waals surface area contributed by atoms with Gasteiger partial charge >= 0.3 is 5.97 Å². The van der Waals surface area contributed by atoms with Gasteiger partial charge in [-0.1, -0.05) is 12.1 Å². The normalized spacial score (nSPS) is 15.9. The van der Waals surface area contributed by atoms with Gasteiger partial charge in [-0.05, 0) is 26.0 Å². The standard InChI is InChI=1S/C18H24N2O6/c1-4-25-17(22)12-19(9-10-24-3)16(21)11-20-14-7-5-6-8-15(14)26-13(2)18(20)23/h5-8,13H,4,9-12H2,1-3H3. The van der Waals surface area contributed by atoms with Gasteiger partial charge in [0.2, 0.25) is 5.91 Å². The topological polar surface area (TPSA) is 85.4 Å². The van der Waals surface area contributed by atoms with Gasteiger partial charge in [0.15, 0.2) is 6.10 Å². The minimum atomic E-state index is -0.685. The molecule has 2 rings (SSSR count). The lowest BCUT2D eigenvalue weighted by molar-refractivity contribution is -0.149. The van der Waals surface area contributed by atoms with Crippen molar-refractivity contribution in [3.05, 3.63) is 24.3 Å². The second kappa shape index (κ2) is 9.19. The summed E-state index contributed by atoms with van der Waals surface area (Å²) in [5.41, 5.74) is 0.534. The van der Waals surface area contributed by atoms with Crippen LogP contribution in [0.5, 0.6) is 5.75 Å². The number of para-hydroxylation sites is 2. The van der Waals surface area contributed by atoms with Gasteiger partial charge in [-0.15, -0.1) is 0 Å². The molecule has 2 amide bonds. The first-order chi connectivity index (χ1) is 12.5. The van der Waals surface area contributed by atoms with Crippen molar-refractivity contribution < 1.29 is 28.6 Å². The van der Waals surface area contributed by atoms with Crippen molar-refractivity contribution in [3.63, 3.8) is 0 Å². The maximum atomic E-state index is 12.7. The van der Waals surface area contributed by atoms with E-state index in [1.807, 2.05) is 0 Å². The van der Waals surface area contributed by atoms with Crippen LogP contribution in [0.4, 0.5) is 5.69 Å². The number of carbonyl (C=O) groups is 3. The minimum absolute atomic E-state index is 0.188. The van der Waals surface area contributed by atoms with Crippen LogP contribution in [0, 0.1) is 0 Å². The SMILES string of the molecule is CCOC(=O)CN(CCOC)C(=O)CN1C(=O)C(C)Oc2ccccc21. The molecule has 1 aromatic rings. The summed E-state index contributed by atoms with van der Waals surface area (Å²) >= 11 is 0. The van der Waals surface area contributed by atoms with Gasteiger partial charge in [0.05, 0.1) is 18.9 Å². The number of methoxy groups -OCH3 is 1. The molecule has 1 heterocycles. The maximum absolute atomic E-state index is 12.7. The lowest BCUT2D eigenvalue weighted by atomic mass is 10.2. The van der Waals surface area contributed by atoms with Gasteiger partial charge in [-0.3, -0.25) is 19.3 Å². The third-order valence-corrected chi connectivity index (χ3v) is 3.91. The molecule has 0 spiro atoms. The van der Waals surface area contributed by atoms with E-state index in [0.29, 0.717) is 11.4 Å². The maximum Gasteiger partial charge on any atom is 0.325 e. The second-order valence-corrected chi connectivity index (χ2v) is 5.77. The van der Waals surface area contributed by atoms with E-state index >= 15 is 0 Å². The van der Waals surface area contributed by atoms with E-state index in [4.69, 9.17) is 14.2 Å². The first-order valence-electron chi connectivity index (χ1n) is 8.47.